The molecule has 0 aliphatic carbocycles. The van der Waals surface area contributed by atoms with Crippen molar-refractivity contribution in [1.82, 2.24) is 10.2 Å². The summed E-state index contributed by atoms with van der Waals surface area (Å²) in [5, 5.41) is 2.01. The lowest BCUT2D eigenvalue weighted by Gasteiger charge is -2.25. The molecule has 2 fully saturated rings. The highest BCUT2D eigenvalue weighted by Gasteiger charge is 2.28. The minimum Gasteiger partial charge on any atom is -0.369 e. The summed E-state index contributed by atoms with van der Waals surface area (Å²) in [4.78, 5) is 28.3. The van der Waals surface area contributed by atoms with Crippen molar-refractivity contribution in [3.05, 3.63) is 34.2 Å². The van der Waals surface area contributed by atoms with Gasteiger partial charge in [-0.2, -0.15) is 0 Å². The third-order valence-electron chi connectivity index (χ3n) is 4.41. The molecule has 1 atom stereocenters. The summed E-state index contributed by atoms with van der Waals surface area (Å²) >= 11 is 0.966. The van der Waals surface area contributed by atoms with Crippen molar-refractivity contribution in [1.29, 1.82) is 0 Å². The summed E-state index contributed by atoms with van der Waals surface area (Å²) in [6, 6.07) is 6.63. The number of para-hydroxylation sites is 1. The minimum absolute atomic E-state index is 0.302. The van der Waals surface area contributed by atoms with Gasteiger partial charge in [0.05, 0.1) is 4.91 Å². The monoisotopic (exact) mass is 331 g/mol. The maximum Gasteiger partial charge on any atom is 0.290 e. The Hall–Kier alpha value is -1.79. The average Bonchev–Trinajstić information content (AvgIpc) is 3.07. The molecule has 1 unspecified atom stereocenters. The molecule has 23 heavy (non-hydrogen) atoms. The van der Waals surface area contributed by atoms with Gasteiger partial charge < -0.3 is 9.80 Å². The number of carbonyl (C=O) groups excluding carboxylic acids is 2. The smallest absolute Gasteiger partial charge is 0.290 e. The molecule has 122 valence electrons. The van der Waals surface area contributed by atoms with Gasteiger partial charge in [-0.1, -0.05) is 18.2 Å². The molecule has 2 heterocycles. The van der Waals surface area contributed by atoms with Gasteiger partial charge in [0, 0.05) is 24.8 Å². The molecule has 1 aromatic rings. The van der Waals surface area contributed by atoms with E-state index in [0.717, 1.165) is 42.5 Å². The number of nitrogens with one attached hydrogen (secondary N) is 1. The molecule has 0 saturated carbocycles. The van der Waals surface area contributed by atoms with Gasteiger partial charge in [0.15, 0.2) is 0 Å². The lowest BCUT2D eigenvalue weighted by Crippen LogP contribution is -2.31. The van der Waals surface area contributed by atoms with E-state index in [1.165, 1.54) is 5.56 Å². The Balaban J connectivity index is 1.94. The van der Waals surface area contributed by atoms with E-state index in [1.807, 2.05) is 18.2 Å². The predicted molar refractivity (Wildman–Crippen MR) is 94.6 cm³/mol. The van der Waals surface area contributed by atoms with Gasteiger partial charge in [-0.3, -0.25) is 14.9 Å². The van der Waals surface area contributed by atoms with Crippen molar-refractivity contribution in [3.8, 4) is 0 Å². The van der Waals surface area contributed by atoms with Gasteiger partial charge in [-0.25, -0.2) is 0 Å². The molecule has 0 bridgehead atoms. The Bertz CT molecular complexity index is 684. The van der Waals surface area contributed by atoms with Crippen LogP contribution in [0.1, 0.15) is 17.5 Å². The molecule has 0 aromatic heterocycles. The average molecular weight is 331 g/mol. The maximum atomic E-state index is 11.8. The maximum absolute atomic E-state index is 11.8. The quantitative estimate of drug-likeness (QED) is 0.862. The van der Waals surface area contributed by atoms with Gasteiger partial charge in [-0.15, -0.1) is 0 Å². The molecule has 2 amide bonds. The van der Waals surface area contributed by atoms with E-state index in [2.05, 4.69) is 42.2 Å². The molecule has 0 spiro atoms. The number of carbonyl (C=O) groups is 2. The number of likely N-dealkylation sites (N-methyl/N-ethyl adjacent to an activating group) is 1. The Labute approximate surface area is 140 Å². The van der Waals surface area contributed by atoms with E-state index in [4.69, 9.17) is 0 Å². The highest BCUT2D eigenvalue weighted by molar-refractivity contribution is 8.18. The number of nitrogens with zero attached hydrogens (tertiary/aromatic N) is 2. The van der Waals surface area contributed by atoms with Crippen molar-refractivity contribution in [2.75, 3.05) is 32.1 Å². The van der Waals surface area contributed by atoms with Gasteiger partial charge in [0.2, 0.25) is 0 Å². The first-order valence-electron chi connectivity index (χ1n) is 7.71. The normalized spacial score (nSPS) is 23.2. The number of thioether (sulfide) groups is 1. The number of benzene rings is 1. The van der Waals surface area contributed by atoms with E-state index < -0.39 is 0 Å². The van der Waals surface area contributed by atoms with Gasteiger partial charge >= 0.3 is 0 Å². The van der Waals surface area contributed by atoms with Crippen LogP contribution in [-0.2, 0) is 4.79 Å². The first-order valence-corrected chi connectivity index (χ1v) is 8.53. The molecule has 3 rings (SSSR count). The molecule has 5 nitrogen and oxygen atoms in total. The number of hydrogen-bond acceptors (Lipinski definition) is 5. The molecule has 2 aliphatic rings. The Morgan fingerprint density at radius 2 is 2.13 bits per heavy atom. The third kappa shape index (κ3) is 3.28. The standard InChI is InChI=1S/C17H21N3O2S/c1-11-5-4-6-12(9-14-16(21)18-17(22)23-14)15(11)20-8-7-13(10-20)19(2)3/h4-6,9,13H,7-8,10H2,1-3H3,(H,18,21,22). The van der Waals surface area contributed by atoms with Crippen LogP contribution in [0.5, 0.6) is 0 Å². The number of amides is 2. The second-order valence-electron chi connectivity index (χ2n) is 6.22. The number of aryl methyl sites for hydroxylation is 1. The summed E-state index contributed by atoms with van der Waals surface area (Å²) in [5.41, 5.74) is 3.35. The van der Waals surface area contributed by atoms with Gasteiger partial charge in [0.1, 0.15) is 0 Å². The van der Waals surface area contributed by atoms with Crippen LogP contribution < -0.4 is 10.2 Å². The zero-order valence-corrected chi connectivity index (χ0v) is 14.4. The van der Waals surface area contributed by atoms with Crippen LogP contribution in [-0.4, -0.2) is 49.3 Å². The molecular formula is C17H21N3O2S. The Morgan fingerprint density at radius 1 is 1.35 bits per heavy atom. The third-order valence-corrected chi connectivity index (χ3v) is 5.22. The van der Waals surface area contributed by atoms with Crippen LogP contribution in [0.25, 0.3) is 6.08 Å². The van der Waals surface area contributed by atoms with Crippen LogP contribution in [0.4, 0.5) is 10.5 Å². The zero-order valence-electron chi connectivity index (χ0n) is 13.6. The fourth-order valence-corrected chi connectivity index (χ4v) is 3.83. The van der Waals surface area contributed by atoms with Crippen molar-refractivity contribution < 1.29 is 9.59 Å². The van der Waals surface area contributed by atoms with E-state index in [0.29, 0.717) is 10.9 Å². The summed E-state index contributed by atoms with van der Waals surface area (Å²) in [5.74, 6) is -0.306. The van der Waals surface area contributed by atoms with E-state index >= 15 is 0 Å². The lowest BCUT2D eigenvalue weighted by molar-refractivity contribution is -0.115. The summed E-state index contributed by atoms with van der Waals surface area (Å²) in [7, 11) is 4.22. The number of imide groups is 1. The van der Waals surface area contributed by atoms with Gasteiger partial charge in [0.25, 0.3) is 11.1 Å². The SMILES string of the molecule is Cc1cccc(C=C2SC(=O)NC2=O)c1N1CCC(N(C)C)C1. The van der Waals surface area contributed by atoms with Crippen LogP contribution in [0.15, 0.2) is 23.1 Å². The van der Waals surface area contributed by atoms with E-state index in [9.17, 15) is 9.59 Å². The number of hydrogen-bond donors (Lipinski definition) is 1. The number of anilines is 1. The van der Waals surface area contributed by atoms with Crippen molar-refractivity contribution in [2.45, 2.75) is 19.4 Å². The topological polar surface area (TPSA) is 52.7 Å². The first-order chi connectivity index (χ1) is 11.0. The summed E-state index contributed by atoms with van der Waals surface area (Å²) in [6.45, 7) is 4.07. The molecule has 2 aliphatic heterocycles. The van der Waals surface area contributed by atoms with Crippen LogP contribution in [0.3, 0.4) is 0 Å². The second-order valence-corrected chi connectivity index (χ2v) is 7.23. The highest BCUT2D eigenvalue weighted by atomic mass is 32.2. The fraction of sp³-hybridized carbons (Fsp3) is 0.412. The molecular weight excluding hydrogens is 310 g/mol. The second kappa shape index (κ2) is 6.37. The van der Waals surface area contributed by atoms with Crippen LogP contribution >= 0.6 is 11.8 Å². The van der Waals surface area contributed by atoms with E-state index in [1.54, 1.807) is 0 Å². The zero-order chi connectivity index (χ0) is 16.6. The minimum atomic E-state index is -0.306. The highest BCUT2D eigenvalue weighted by Crippen LogP contribution is 2.33. The van der Waals surface area contributed by atoms with Crippen molar-refractivity contribution in [3.63, 3.8) is 0 Å². The molecule has 1 aromatic carbocycles. The summed E-state index contributed by atoms with van der Waals surface area (Å²) < 4.78 is 0. The lowest BCUT2D eigenvalue weighted by atomic mass is 10.1. The molecule has 6 heteroatoms. The molecule has 2 saturated heterocycles. The van der Waals surface area contributed by atoms with Crippen LogP contribution in [0, 0.1) is 6.92 Å². The van der Waals surface area contributed by atoms with Crippen molar-refractivity contribution in [2.24, 2.45) is 0 Å². The fourth-order valence-electron chi connectivity index (χ4n) is 3.16. The van der Waals surface area contributed by atoms with Gasteiger partial charge in [-0.05, 0) is 56.4 Å². The largest absolute Gasteiger partial charge is 0.369 e. The summed E-state index contributed by atoms with van der Waals surface area (Å²) in [6.07, 6.45) is 2.96. The Kier molecular flexibility index (Phi) is 4.46. The first kappa shape index (κ1) is 16.1. The molecule has 1 N–H and O–H groups in total. The van der Waals surface area contributed by atoms with Crippen LogP contribution in [0.2, 0.25) is 0 Å². The number of rotatable bonds is 3. The Morgan fingerprint density at radius 3 is 2.74 bits per heavy atom. The van der Waals surface area contributed by atoms with E-state index in [-0.39, 0.29) is 11.1 Å². The molecule has 0 radical (unpaired) electrons. The van der Waals surface area contributed by atoms with Crippen molar-refractivity contribution >= 4 is 34.7 Å². The predicted octanol–water partition coefficient (Wildman–Crippen LogP) is 2.46.